The first-order chi connectivity index (χ1) is 14.2. The minimum atomic E-state index is -3.35. The maximum absolute atomic E-state index is 12.6. The van der Waals surface area contributed by atoms with Crippen LogP contribution in [0.2, 0.25) is 0 Å². The van der Waals surface area contributed by atoms with Crippen LogP contribution in [-0.2, 0) is 16.6 Å². The number of hydrogen-bond donors (Lipinski definition) is 1. The zero-order chi connectivity index (χ0) is 22.1. The lowest BCUT2D eigenvalue weighted by Crippen LogP contribution is -2.83. The Hall–Kier alpha value is -2.96. The highest BCUT2D eigenvalue weighted by atomic mass is 32.2. The molecule has 6 nitrogen and oxygen atoms in total. The van der Waals surface area contributed by atoms with Gasteiger partial charge < -0.3 is 9.30 Å². The topological polar surface area (TPSA) is 88.7 Å². The Morgan fingerprint density at radius 1 is 1.17 bits per heavy atom. The lowest BCUT2D eigenvalue weighted by molar-refractivity contribution is -0.398. The second kappa shape index (κ2) is 8.42. The standard InChI is InChI=1S/C21H21F2N3O3S/c1-4-26-19-11-16(29-21(22)23)9-10-17(19)18(12-24)20(26)14-5-7-15(8-6-14)25-30(27,28)13(2)3/h5-11,13,21,25H,4H2,1-3H3/p+1. The Bertz CT molecular complexity index is 1210. The molecule has 0 atom stereocenters. The SMILES string of the molecule is CCn1c(-c2ccc([NH2+]S(=O)(=O)C(C)C)cc2)c(C#N)c2ccc(OC(F)F)cc21. The number of fused-ring (bicyclic) bond motifs is 1. The number of nitrogens with zero attached hydrogens (tertiary/aromatic N) is 2. The summed E-state index contributed by atoms with van der Waals surface area (Å²) in [6, 6.07) is 13.6. The quantitative estimate of drug-likeness (QED) is 0.574. The van der Waals surface area contributed by atoms with Gasteiger partial charge in [0, 0.05) is 30.1 Å². The van der Waals surface area contributed by atoms with Crippen LogP contribution in [0.15, 0.2) is 42.5 Å². The number of hydrogen-bond acceptors (Lipinski definition) is 4. The molecule has 3 rings (SSSR count). The van der Waals surface area contributed by atoms with Gasteiger partial charge in [-0.25, -0.2) is 4.72 Å². The molecule has 158 valence electrons. The summed E-state index contributed by atoms with van der Waals surface area (Å²) < 4.78 is 57.0. The number of sulfonamides is 1. The van der Waals surface area contributed by atoms with Gasteiger partial charge in [-0.15, -0.1) is 0 Å². The Morgan fingerprint density at radius 3 is 2.37 bits per heavy atom. The molecule has 3 aromatic rings. The number of alkyl halides is 2. The van der Waals surface area contributed by atoms with E-state index < -0.39 is 21.9 Å². The van der Waals surface area contributed by atoms with E-state index in [4.69, 9.17) is 0 Å². The van der Waals surface area contributed by atoms with E-state index in [-0.39, 0.29) is 5.75 Å². The van der Waals surface area contributed by atoms with E-state index in [2.05, 4.69) is 10.8 Å². The Morgan fingerprint density at radius 2 is 1.83 bits per heavy atom. The first-order valence-corrected chi connectivity index (χ1v) is 11.0. The summed E-state index contributed by atoms with van der Waals surface area (Å²) in [5, 5.41) is 9.88. The van der Waals surface area contributed by atoms with Gasteiger partial charge in [-0.2, -0.15) is 22.5 Å². The van der Waals surface area contributed by atoms with Gasteiger partial charge in [0.1, 0.15) is 22.8 Å². The van der Waals surface area contributed by atoms with Crippen LogP contribution in [-0.4, -0.2) is 24.8 Å². The smallest absolute Gasteiger partial charge is 0.387 e. The number of rotatable bonds is 7. The minimum Gasteiger partial charge on any atom is -0.435 e. The summed E-state index contributed by atoms with van der Waals surface area (Å²) in [5.74, 6) is 0.0181. The van der Waals surface area contributed by atoms with Crippen molar-refractivity contribution in [3.63, 3.8) is 0 Å². The van der Waals surface area contributed by atoms with Crippen molar-refractivity contribution in [2.45, 2.75) is 39.2 Å². The normalized spacial score (nSPS) is 11.9. The summed E-state index contributed by atoms with van der Waals surface area (Å²) >= 11 is 0. The van der Waals surface area contributed by atoms with Crippen LogP contribution < -0.4 is 9.46 Å². The van der Waals surface area contributed by atoms with Crippen molar-refractivity contribution in [2.24, 2.45) is 0 Å². The van der Waals surface area contributed by atoms with E-state index in [9.17, 15) is 22.5 Å². The monoisotopic (exact) mass is 434 g/mol. The molecule has 0 amide bonds. The Kier molecular flexibility index (Phi) is 6.10. The van der Waals surface area contributed by atoms with Gasteiger partial charge in [-0.3, -0.25) is 0 Å². The molecular formula is C21H22F2N3O3S+. The number of quaternary nitrogens is 1. The predicted molar refractivity (Wildman–Crippen MR) is 110 cm³/mol. The molecule has 9 heteroatoms. The van der Waals surface area contributed by atoms with Crippen LogP contribution in [0, 0.1) is 11.3 Å². The van der Waals surface area contributed by atoms with Crippen LogP contribution in [0.1, 0.15) is 26.3 Å². The molecule has 1 aromatic heterocycles. The van der Waals surface area contributed by atoms with Gasteiger partial charge >= 0.3 is 16.6 Å². The second-order valence-corrected chi connectivity index (χ2v) is 9.37. The molecule has 0 bridgehead atoms. The molecule has 30 heavy (non-hydrogen) atoms. The van der Waals surface area contributed by atoms with Crippen molar-refractivity contribution < 1.29 is 26.7 Å². The number of primary sulfonamides is 1. The van der Waals surface area contributed by atoms with Gasteiger partial charge in [0.25, 0.3) is 0 Å². The van der Waals surface area contributed by atoms with Gasteiger partial charge in [-0.05, 0) is 50.6 Å². The van der Waals surface area contributed by atoms with Crippen molar-refractivity contribution in [3.8, 4) is 23.1 Å². The molecule has 2 N–H and O–H groups in total. The van der Waals surface area contributed by atoms with Crippen LogP contribution in [0.4, 0.5) is 14.5 Å². The van der Waals surface area contributed by atoms with Crippen molar-refractivity contribution in [3.05, 3.63) is 48.0 Å². The zero-order valence-corrected chi connectivity index (χ0v) is 17.6. The van der Waals surface area contributed by atoms with Gasteiger partial charge in [0.2, 0.25) is 0 Å². The highest BCUT2D eigenvalue weighted by Crippen LogP contribution is 2.35. The Balaban J connectivity index is 2.10. The van der Waals surface area contributed by atoms with Crippen molar-refractivity contribution in [2.75, 3.05) is 0 Å². The largest absolute Gasteiger partial charge is 0.435 e. The molecule has 0 fully saturated rings. The van der Waals surface area contributed by atoms with Gasteiger partial charge in [-0.1, -0.05) is 0 Å². The van der Waals surface area contributed by atoms with Crippen molar-refractivity contribution >= 4 is 26.6 Å². The molecule has 0 aliphatic heterocycles. The predicted octanol–water partition coefficient (Wildman–Crippen LogP) is 3.73. The van der Waals surface area contributed by atoms with Gasteiger partial charge in [0.05, 0.1) is 16.8 Å². The number of aromatic nitrogens is 1. The maximum atomic E-state index is 12.6. The van der Waals surface area contributed by atoms with Crippen LogP contribution in [0.5, 0.6) is 5.75 Å². The number of halogens is 2. The first kappa shape index (κ1) is 21.7. The summed E-state index contributed by atoms with van der Waals surface area (Å²) in [6.45, 7) is 2.69. The molecule has 2 aromatic carbocycles. The third-order valence-corrected chi connectivity index (χ3v) is 6.75. The lowest BCUT2D eigenvalue weighted by Gasteiger charge is -2.10. The fourth-order valence-corrected chi connectivity index (χ4v) is 4.10. The first-order valence-electron chi connectivity index (χ1n) is 9.38. The van der Waals surface area contributed by atoms with E-state index in [1.165, 1.54) is 16.9 Å². The zero-order valence-electron chi connectivity index (χ0n) is 16.8. The molecule has 1 heterocycles. The lowest BCUT2D eigenvalue weighted by atomic mass is 10.1. The number of nitriles is 1. The van der Waals surface area contributed by atoms with Gasteiger partial charge in [0.15, 0.2) is 0 Å². The number of benzene rings is 2. The maximum Gasteiger partial charge on any atom is 0.387 e. The van der Waals surface area contributed by atoms with E-state index in [0.717, 1.165) is 5.56 Å². The van der Waals surface area contributed by atoms with Crippen molar-refractivity contribution in [1.82, 2.24) is 4.57 Å². The number of nitrogens with two attached hydrogens (primary N) is 1. The van der Waals surface area contributed by atoms with Crippen LogP contribution >= 0.6 is 0 Å². The number of ether oxygens (including phenoxy) is 1. The molecule has 0 radical (unpaired) electrons. The summed E-state index contributed by atoms with van der Waals surface area (Å²) in [4.78, 5) is 0. The van der Waals surface area contributed by atoms with Crippen LogP contribution in [0.25, 0.3) is 22.2 Å². The van der Waals surface area contributed by atoms with Crippen LogP contribution in [0.3, 0.4) is 0 Å². The third-order valence-electron chi connectivity index (χ3n) is 4.83. The summed E-state index contributed by atoms with van der Waals surface area (Å²) in [6.07, 6.45) is 0. The second-order valence-electron chi connectivity index (χ2n) is 7.01. The van der Waals surface area contributed by atoms with E-state index in [1.807, 2.05) is 11.5 Å². The third kappa shape index (κ3) is 4.15. The summed E-state index contributed by atoms with van der Waals surface area (Å²) in [7, 11) is -3.35. The Labute approximate surface area is 173 Å². The highest BCUT2D eigenvalue weighted by molar-refractivity contribution is 7.85. The average Bonchev–Trinajstić information content (AvgIpc) is 3.00. The number of aryl methyl sites for hydroxylation is 1. The van der Waals surface area contributed by atoms with E-state index >= 15 is 0 Å². The van der Waals surface area contributed by atoms with Crippen molar-refractivity contribution in [1.29, 1.82) is 5.26 Å². The molecular weight excluding hydrogens is 412 g/mol. The molecule has 0 spiro atoms. The minimum absolute atomic E-state index is 0.0181. The average molecular weight is 434 g/mol. The molecule has 0 unspecified atom stereocenters. The summed E-state index contributed by atoms with van der Waals surface area (Å²) in [5.41, 5.74) is 2.93. The fourth-order valence-electron chi connectivity index (χ4n) is 3.29. The van der Waals surface area contributed by atoms with E-state index in [1.54, 1.807) is 44.2 Å². The molecule has 0 saturated carbocycles. The van der Waals surface area contributed by atoms with E-state index in [0.29, 0.717) is 34.4 Å². The fraction of sp³-hybridized carbons (Fsp3) is 0.286. The molecule has 0 aliphatic carbocycles. The highest BCUT2D eigenvalue weighted by Gasteiger charge is 2.22. The molecule has 0 saturated heterocycles. The molecule has 0 aliphatic rings.